The standard InChI is InChI=1S/C27H28N4OS/c1-20-8-5-6-11-24(20)31-19-23(26(29-31)28-27(32)25-12-7-17-33-25)22-13-15-30(16-14-22)18-21-9-3-2-4-10-21/h2-12,17,19,22H,13-16,18H2,1H3,(H,28,29,32). The maximum Gasteiger partial charge on any atom is 0.266 e. The van der Waals surface area contributed by atoms with Gasteiger partial charge in [0.15, 0.2) is 5.82 Å². The largest absolute Gasteiger partial charge is 0.304 e. The highest BCUT2D eigenvalue weighted by Gasteiger charge is 2.26. The number of carbonyl (C=O) groups excluding carboxylic acids is 1. The molecule has 1 aliphatic heterocycles. The summed E-state index contributed by atoms with van der Waals surface area (Å²) in [6, 6.07) is 22.6. The fourth-order valence-electron chi connectivity index (χ4n) is 4.55. The quantitative estimate of drug-likeness (QED) is 0.394. The van der Waals surface area contributed by atoms with Gasteiger partial charge in [-0.1, -0.05) is 54.6 Å². The van der Waals surface area contributed by atoms with Crippen molar-refractivity contribution in [2.45, 2.75) is 32.2 Å². The number of thiophene rings is 1. The molecular weight excluding hydrogens is 428 g/mol. The number of benzene rings is 2. The second-order valence-corrected chi connectivity index (χ2v) is 9.58. The monoisotopic (exact) mass is 456 g/mol. The molecule has 0 aliphatic carbocycles. The molecule has 3 heterocycles. The summed E-state index contributed by atoms with van der Waals surface area (Å²) in [5, 5.41) is 9.85. The third-order valence-electron chi connectivity index (χ3n) is 6.36. The van der Waals surface area contributed by atoms with E-state index in [1.165, 1.54) is 16.9 Å². The number of nitrogens with one attached hydrogen (secondary N) is 1. The molecular formula is C27H28N4OS. The lowest BCUT2D eigenvalue weighted by Crippen LogP contribution is -2.32. The van der Waals surface area contributed by atoms with Gasteiger partial charge in [0.2, 0.25) is 0 Å². The van der Waals surface area contributed by atoms with Crippen molar-refractivity contribution in [3.05, 3.63) is 99.9 Å². The van der Waals surface area contributed by atoms with Crippen molar-refractivity contribution in [2.24, 2.45) is 0 Å². The first kappa shape index (κ1) is 21.6. The average molecular weight is 457 g/mol. The van der Waals surface area contributed by atoms with Gasteiger partial charge in [-0.25, -0.2) is 4.68 Å². The van der Waals surface area contributed by atoms with Gasteiger partial charge < -0.3 is 5.32 Å². The van der Waals surface area contributed by atoms with Crippen molar-refractivity contribution >= 4 is 23.1 Å². The van der Waals surface area contributed by atoms with Crippen LogP contribution in [0.5, 0.6) is 0 Å². The molecule has 0 spiro atoms. The summed E-state index contributed by atoms with van der Waals surface area (Å²) in [4.78, 5) is 16.0. The molecule has 1 aliphatic rings. The van der Waals surface area contributed by atoms with E-state index in [1.807, 2.05) is 34.3 Å². The van der Waals surface area contributed by atoms with E-state index in [-0.39, 0.29) is 5.91 Å². The highest BCUT2D eigenvalue weighted by Crippen LogP contribution is 2.34. The zero-order valence-electron chi connectivity index (χ0n) is 18.8. The molecule has 168 valence electrons. The van der Waals surface area contributed by atoms with Crippen LogP contribution in [0.2, 0.25) is 0 Å². The number of hydrogen-bond donors (Lipinski definition) is 1. The molecule has 1 saturated heterocycles. The predicted molar refractivity (Wildman–Crippen MR) is 134 cm³/mol. The van der Waals surface area contributed by atoms with Gasteiger partial charge in [0.05, 0.1) is 10.6 Å². The zero-order chi connectivity index (χ0) is 22.6. The highest BCUT2D eigenvalue weighted by atomic mass is 32.1. The number of piperidine rings is 1. The fraction of sp³-hybridized carbons (Fsp3) is 0.259. The molecule has 5 rings (SSSR count). The van der Waals surface area contributed by atoms with E-state index >= 15 is 0 Å². The molecule has 6 heteroatoms. The summed E-state index contributed by atoms with van der Waals surface area (Å²) in [5.74, 6) is 0.953. The Morgan fingerprint density at radius 1 is 1.03 bits per heavy atom. The number of likely N-dealkylation sites (tertiary alicyclic amines) is 1. The SMILES string of the molecule is Cc1ccccc1-n1cc(C2CCN(Cc3ccccc3)CC2)c(NC(=O)c2cccs2)n1. The van der Waals surface area contributed by atoms with E-state index in [4.69, 9.17) is 5.10 Å². The topological polar surface area (TPSA) is 50.2 Å². The summed E-state index contributed by atoms with van der Waals surface area (Å²) >= 11 is 1.45. The third-order valence-corrected chi connectivity index (χ3v) is 7.23. The lowest BCUT2D eigenvalue weighted by atomic mass is 9.90. The Kier molecular flexibility index (Phi) is 6.37. The van der Waals surface area contributed by atoms with Crippen LogP contribution in [0.25, 0.3) is 5.69 Å². The molecule has 2 aromatic carbocycles. The summed E-state index contributed by atoms with van der Waals surface area (Å²) < 4.78 is 1.92. The number of hydrogen-bond acceptors (Lipinski definition) is 4. The van der Waals surface area contributed by atoms with Crippen LogP contribution < -0.4 is 5.32 Å². The minimum atomic E-state index is -0.0946. The molecule has 1 fully saturated rings. The molecule has 0 atom stereocenters. The zero-order valence-corrected chi connectivity index (χ0v) is 19.6. The van der Waals surface area contributed by atoms with Crippen LogP contribution in [-0.2, 0) is 6.54 Å². The molecule has 5 nitrogen and oxygen atoms in total. The average Bonchev–Trinajstić information content (AvgIpc) is 3.51. The van der Waals surface area contributed by atoms with Gasteiger partial charge in [-0.15, -0.1) is 16.4 Å². The summed E-state index contributed by atoms with van der Waals surface area (Å²) in [6.07, 6.45) is 4.21. The molecule has 0 radical (unpaired) electrons. The van der Waals surface area contributed by atoms with Crippen LogP contribution in [0.4, 0.5) is 5.82 Å². The van der Waals surface area contributed by atoms with Crippen molar-refractivity contribution < 1.29 is 4.79 Å². The first-order chi connectivity index (χ1) is 16.2. The molecule has 0 bridgehead atoms. The van der Waals surface area contributed by atoms with Gasteiger partial charge >= 0.3 is 0 Å². The number of amides is 1. The van der Waals surface area contributed by atoms with Crippen molar-refractivity contribution in [3.63, 3.8) is 0 Å². The number of aryl methyl sites for hydroxylation is 1. The van der Waals surface area contributed by atoms with E-state index in [2.05, 4.69) is 65.8 Å². The van der Waals surface area contributed by atoms with Crippen molar-refractivity contribution in [3.8, 4) is 5.69 Å². The second kappa shape index (κ2) is 9.73. The second-order valence-electron chi connectivity index (χ2n) is 8.63. The fourth-order valence-corrected chi connectivity index (χ4v) is 5.17. The van der Waals surface area contributed by atoms with E-state index in [0.717, 1.165) is 49.3 Å². The molecule has 4 aromatic rings. The molecule has 2 aromatic heterocycles. The van der Waals surface area contributed by atoms with Crippen molar-refractivity contribution in [2.75, 3.05) is 18.4 Å². The van der Waals surface area contributed by atoms with Gasteiger partial charge in [-0.3, -0.25) is 9.69 Å². The van der Waals surface area contributed by atoms with E-state index in [0.29, 0.717) is 16.6 Å². The first-order valence-electron chi connectivity index (χ1n) is 11.4. The Labute approximate surface area is 198 Å². The maximum absolute atomic E-state index is 12.8. The predicted octanol–water partition coefficient (Wildman–Crippen LogP) is 5.87. The van der Waals surface area contributed by atoms with Crippen LogP contribution >= 0.6 is 11.3 Å². The first-order valence-corrected chi connectivity index (χ1v) is 12.3. The summed E-state index contributed by atoms with van der Waals surface area (Å²) in [5.41, 5.74) is 4.67. The number of aromatic nitrogens is 2. The third kappa shape index (κ3) is 4.92. The Bertz CT molecular complexity index is 1210. The number of nitrogens with zero attached hydrogens (tertiary/aromatic N) is 3. The van der Waals surface area contributed by atoms with E-state index in [1.54, 1.807) is 0 Å². The van der Waals surface area contributed by atoms with Crippen molar-refractivity contribution in [1.82, 2.24) is 14.7 Å². The Morgan fingerprint density at radius 3 is 2.52 bits per heavy atom. The number of anilines is 1. The minimum Gasteiger partial charge on any atom is -0.304 e. The Hall–Kier alpha value is -3.22. The van der Waals surface area contributed by atoms with Gasteiger partial charge in [0, 0.05) is 18.3 Å². The number of para-hydroxylation sites is 1. The van der Waals surface area contributed by atoms with Gasteiger partial charge in [-0.05, 0) is 67.4 Å². The minimum absolute atomic E-state index is 0.0946. The van der Waals surface area contributed by atoms with E-state index in [9.17, 15) is 4.79 Å². The molecule has 1 amide bonds. The molecule has 0 saturated carbocycles. The van der Waals surface area contributed by atoms with Crippen LogP contribution in [0.1, 0.15) is 45.1 Å². The van der Waals surface area contributed by atoms with Gasteiger partial charge in [0.1, 0.15) is 0 Å². The van der Waals surface area contributed by atoms with Crippen LogP contribution in [0.15, 0.2) is 78.3 Å². The summed E-state index contributed by atoms with van der Waals surface area (Å²) in [7, 11) is 0. The van der Waals surface area contributed by atoms with Gasteiger partial charge in [-0.2, -0.15) is 0 Å². The highest BCUT2D eigenvalue weighted by molar-refractivity contribution is 7.12. The Balaban J connectivity index is 1.37. The van der Waals surface area contributed by atoms with Crippen LogP contribution in [0.3, 0.4) is 0 Å². The molecule has 33 heavy (non-hydrogen) atoms. The lowest BCUT2D eigenvalue weighted by Gasteiger charge is -2.32. The van der Waals surface area contributed by atoms with Crippen molar-refractivity contribution in [1.29, 1.82) is 0 Å². The molecule has 0 unspecified atom stereocenters. The maximum atomic E-state index is 12.8. The number of rotatable bonds is 6. The van der Waals surface area contributed by atoms with E-state index < -0.39 is 0 Å². The Morgan fingerprint density at radius 2 is 1.79 bits per heavy atom. The van der Waals surface area contributed by atoms with Gasteiger partial charge in [0.25, 0.3) is 5.91 Å². The summed E-state index contributed by atoms with van der Waals surface area (Å²) in [6.45, 7) is 5.14. The van der Waals surface area contributed by atoms with Crippen LogP contribution in [0, 0.1) is 6.92 Å². The van der Waals surface area contributed by atoms with Crippen LogP contribution in [-0.4, -0.2) is 33.7 Å². The lowest BCUT2D eigenvalue weighted by molar-refractivity contribution is 0.103. The molecule has 1 N–H and O–H groups in total. The smallest absolute Gasteiger partial charge is 0.266 e. The normalized spacial score (nSPS) is 14.9. The number of carbonyl (C=O) groups is 1.